The van der Waals surface area contributed by atoms with Gasteiger partial charge in [-0.1, -0.05) is 6.07 Å². The Kier molecular flexibility index (Phi) is 3.31. The Hall–Kier alpha value is -2.11. The molecule has 110 valence electrons. The molecule has 5 heteroatoms. The fourth-order valence-corrected chi connectivity index (χ4v) is 2.50. The Morgan fingerprint density at radius 1 is 1.33 bits per heavy atom. The van der Waals surface area contributed by atoms with Crippen LogP contribution in [0.5, 0.6) is 5.88 Å². The first-order valence-corrected chi connectivity index (χ1v) is 6.74. The zero-order valence-corrected chi connectivity index (χ0v) is 12.1. The van der Waals surface area contributed by atoms with E-state index in [1.54, 1.807) is 13.3 Å². The summed E-state index contributed by atoms with van der Waals surface area (Å²) in [4.78, 5) is 4.31. The van der Waals surface area contributed by atoms with Crippen LogP contribution >= 0.6 is 0 Å². The third-order valence-corrected chi connectivity index (χ3v) is 3.80. The van der Waals surface area contributed by atoms with E-state index in [0.29, 0.717) is 17.1 Å². The van der Waals surface area contributed by atoms with Crippen molar-refractivity contribution in [3.05, 3.63) is 41.6 Å². The molecular formula is C16H18N2O3. The molecule has 0 saturated carbocycles. The largest absolute Gasteiger partial charge is 0.481 e. The van der Waals surface area contributed by atoms with Crippen molar-refractivity contribution in [2.45, 2.75) is 12.5 Å². The first-order chi connectivity index (χ1) is 10.0. The molecule has 0 spiro atoms. The minimum Gasteiger partial charge on any atom is -0.481 e. The van der Waals surface area contributed by atoms with E-state index in [0.717, 1.165) is 16.7 Å². The maximum absolute atomic E-state index is 10.5. The van der Waals surface area contributed by atoms with Gasteiger partial charge in [-0.3, -0.25) is 0 Å². The average Bonchev–Trinajstić information content (AvgIpc) is 2.46. The van der Waals surface area contributed by atoms with Crippen molar-refractivity contribution in [2.24, 2.45) is 0 Å². The van der Waals surface area contributed by atoms with Gasteiger partial charge in [-0.05, 0) is 36.2 Å². The van der Waals surface area contributed by atoms with Crippen LogP contribution in [0.2, 0.25) is 0 Å². The van der Waals surface area contributed by atoms with Crippen LogP contribution in [0.25, 0.3) is 11.1 Å². The summed E-state index contributed by atoms with van der Waals surface area (Å²) in [6.45, 7) is 2.52. The smallest absolute Gasteiger partial charge is 0.219 e. The van der Waals surface area contributed by atoms with Crippen LogP contribution in [0.1, 0.15) is 11.1 Å². The third-order valence-electron chi connectivity index (χ3n) is 3.80. The second kappa shape index (κ2) is 5.02. The molecule has 1 saturated heterocycles. The number of methoxy groups -OCH3 is 1. The van der Waals surface area contributed by atoms with Crippen LogP contribution < -0.4 is 10.5 Å². The van der Waals surface area contributed by atoms with Crippen LogP contribution in [-0.2, 0) is 10.3 Å². The van der Waals surface area contributed by atoms with E-state index in [2.05, 4.69) is 4.98 Å². The predicted octanol–water partition coefficient (Wildman–Crippen LogP) is 1.87. The van der Waals surface area contributed by atoms with Gasteiger partial charge in [0.2, 0.25) is 5.88 Å². The highest BCUT2D eigenvalue weighted by Crippen LogP contribution is 2.37. The van der Waals surface area contributed by atoms with E-state index in [1.807, 2.05) is 31.2 Å². The van der Waals surface area contributed by atoms with Crippen LogP contribution in [0.4, 0.5) is 5.69 Å². The summed E-state index contributed by atoms with van der Waals surface area (Å²) in [5.74, 6) is 0.422. The maximum atomic E-state index is 10.5. The number of nitrogen functional groups attached to an aromatic ring is 1. The van der Waals surface area contributed by atoms with Gasteiger partial charge in [0, 0.05) is 17.4 Å². The number of anilines is 1. The van der Waals surface area contributed by atoms with Gasteiger partial charge < -0.3 is 20.3 Å². The van der Waals surface area contributed by atoms with E-state index < -0.39 is 5.60 Å². The highest BCUT2D eigenvalue weighted by atomic mass is 16.5. The minimum atomic E-state index is -1.03. The van der Waals surface area contributed by atoms with Gasteiger partial charge in [0.1, 0.15) is 5.60 Å². The van der Waals surface area contributed by atoms with Crippen LogP contribution in [-0.4, -0.2) is 30.4 Å². The molecule has 1 aliphatic rings. The summed E-state index contributed by atoms with van der Waals surface area (Å²) in [7, 11) is 1.54. The number of hydrogen-bond acceptors (Lipinski definition) is 5. The highest BCUT2D eigenvalue weighted by molar-refractivity contribution is 5.71. The number of nitrogens with two attached hydrogens (primary N) is 1. The summed E-state index contributed by atoms with van der Waals surface area (Å²) in [6, 6.07) is 7.64. The normalized spacial score (nSPS) is 16.3. The number of rotatable bonds is 3. The Bertz CT molecular complexity index is 681. The lowest BCUT2D eigenvalue weighted by Gasteiger charge is -2.37. The van der Waals surface area contributed by atoms with E-state index in [4.69, 9.17) is 15.2 Å². The minimum absolute atomic E-state index is 0.254. The molecule has 3 rings (SSSR count). The number of benzene rings is 1. The van der Waals surface area contributed by atoms with Gasteiger partial charge in [0.05, 0.1) is 25.9 Å². The van der Waals surface area contributed by atoms with E-state index >= 15 is 0 Å². The molecule has 0 atom stereocenters. The second-order valence-electron chi connectivity index (χ2n) is 5.38. The summed E-state index contributed by atoms with van der Waals surface area (Å²) in [5.41, 5.74) is 9.18. The molecule has 1 aromatic heterocycles. The van der Waals surface area contributed by atoms with E-state index in [-0.39, 0.29) is 13.2 Å². The maximum Gasteiger partial charge on any atom is 0.219 e. The monoisotopic (exact) mass is 286 g/mol. The van der Waals surface area contributed by atoms with Crippen molar-refractivity contribution in [1.29, 1.82) is 0 Å². The molecule has 2 aromatic rings. The molecule has 0 radical (unpaired) electrons. The zero-order chi connectivity index (χ0) is 15.0. The number of nitrogens with zero attached hydrogens (tertiary/aromatic N) is 1. The number of aryl methyl sites for hydroxylation is 1. The topological polar surface area (TPSA) is 77.6 Å². The molecule has 0 bridgehead atoms. The predicted molar refractivity (Wildman–Crippen MR) is 80.1 cm³/mol. The number of aromatic nitrogens is 1. The Labute approximate surface area is 123 Å². The summed E-state index contributed by atoms with van der Waals surface area (Å²) in [6.07, 6.45) is 1.73. The summed E-state index contributed by atoms with van der Waals surface area (Å²) < 4.78 is 10.4. The SMILES string of the molecule is COc1ncc(-c2cc(N)ccc2C)cc1C1(O)COC1. The van der Waals surface area contributed by atoms with Crippen molar-refractivity contribution in [3.8, 4) is 17.0 Å². The molecule has 5 nitrogen and oxygen atoms in total. The first-order valence-electron chi connectivity index (χ1n) is 6.74. The summed E-state index contributed by atoms with van der Waals surface area (Å²) >= 11 is 0. The van der Waals surface area contributed by atoms with Crippen molar-refractivity contribution in [1.82, 2.24) is 4.98 Å². The quantitative estimate of drug-likeness (QED) is 0.842. The van der Waals surface area contributed by atoms with Crippen molar-refractivity contribution < 1.29 is 14.6 Å². The van der Waals surface area contributed by atoms with Crippen molar-refractivity contribution in [2.75, 3.05) is 26.1 Å². The lowest BCUT2D eigenvalue weighted by Crippen LogP contribution is -2.46. The second-order valence-corrected chi connectivity index (χ2v) is 5.38. The van der Waals surface area contributed by atoms with Gasteiger partial charge >= 0.3 is 0 Å². The van der Waals surface area contributed by atoms with Gasteiger partial charge in [0.25, 0.3) is 0 Å². The first kappa shape index (κ1) is 13.9. The van der Waals surface area contributed by atoms with Gasteiger partial charge in [-0.2, -0.15) is 0 Å². The summed E-state index contributed by atoms with van der Waals surface area (Å²) in [5, 5.41) is 10.5. The van der Waals surface area contributed by atoms with Crippen LogP contribution in [0.15, 0.2) is 30.5 Å². The molecule has 1 aliphatic heterocycles. The molecule has 1 aromatic carbocycles. The Morgan fingerprint density at radius 2 is 2.10 bits per heavy atom. The van der Waals surface area contributed by atoms with Crippen molar-refractivity contribution >= 4 is 5.69 Å². The van der Waals surface area contributed by atoms with Gasteiger partial charge in [-0.15, -0.1) is 0 Å². The number of aliphatic hydroxyl groups is 1. The molecule has 0 aliphatic carbocycles. The lowest BCUT2D eigenvalue weighted by atomic mass is 9.90. The fourth-order valence-electron chi connectivity index (χ4n) is 2.50. The molecule has 21 heavy (non-hydrogen) atoms. The molecule has 0 amide bonds. The lowest BCUT2D eigenvalue weighted by molar-refractivity contribution is -0.185. The standard InChI is InChI=1S/C16H18N2O3/c1-10-3-4-12(17)6-13(10)11-5-14(15(20-2)18-7-11)16(19)8-21-9-16/h3-7,19H,8-9,17H2,1-2H3. The number of pyridine rings is 1. The molecule has 1 fully saturated rings. The number of ether oxygens (including phenoxy) is 2. The van der Waals surface area contributed by atoms with E-state index in [9.17, 15) is 5.11 Å². The van der Waals surface area contributed by atoms with Crippen molar-refractivity contribution in [3.63, 3.8) is 0 Å². The zero-order valence-electron chi connectivity index (χ0n) is 12.1. The van der Waals surface area contributed by atoms with E-state index in [1.165, 1.54) is 0 Å². The Balaban J connectivity index is 2.12. The molecule has 0 unspecified atom stereocenters. The molecular weight excluding hydrogens is 268 g/mol. The third kappa shape index (κ3) is 2.34. The molecule has 2 heterocycles. The molecule has 3 N–H and O–H groups in total. The van der Waals surface area contributed by atoms with Gasteiger partial charge in [0.15, 0.2) is 0 Å². The fraction of sp³-hybridized carbons (Fsp3) is 0.312. The number of hydrogen-bond donors (Lipinski definition) is 2. The Morgan fingerprint density at radius 3 is 2.71 bits per heavy atom. The van der Waals surface area contributed by atoms with Crippen LogP contribution in [0.3, 0.4) is 0 Å². The highest BCUT2D eigenvalue weighted by Gasteiger charge is 2.41. The van der Waals surface area contributed by atoms with Crippen LogP contribution in [0, 0.1) is 6.92 Å². The van der Waals surface area contributed by atoms with Gasteiger partial charge in [-0.25, -0.2) is 4.98 Å². The average molecular weight is 286 g/mol.